The van der Waals surface area contributed by atoms with Crippen LogP contribution >= 0.6 is 0 Å². The number of amides is 1. The Balaban J connectivity index is 1.91. The number of methoxy groups -OCH3 is 2. The number of carbonyl (C=O) groups excluding carboxylic acids is 1. The predicted molar refractivity (Wildman–Crippen MR) is 107 cm³/mol. The molecular formula is C20H23FN2O5S. The lowest BCUT2D eigenvalue weighted by molar-refractivity contribution is 0.102. The molecule has 0 aromatic heterocycles. The van der Waals surface area contributed by atoms with E-state index in [0.717, 1.165) is 30.5 Å². The van der Waals surface area contributed by atoms with E-state index in [2.05, 4.69) is 5.32 Å². The molecule has 1 aliphatic rings. The zero-order valence-corrected chi connectivity index (χ0v) is 17.3. The fourth-order valence-corrected chi connectivity index (χ4v) is 4.83. The van der Waals surface area contributed by atoms with Gasteiger partial charge in [-0.1, -0.05) is 0 Å². The minimum Gasteiger partial charge on any atom is -0.493 e. The summed E-state index contributed by atoms with van der Waals surface area (Å²) in [6.45, 7) is 2.48. The van der Waals surface area contributed by atoms with Gasteiger partial charge in [0.2, 0.25) is 10.0 Å². The molecule has 2 aromatic carbocycles. The number of aryl methyl sites for hydroxylation is 1. The van der Waals surface area contributed by atoms with Gasteiger partial charge in [0.15, 0.2) is 11.5 Å². The molecule has 0 aliphatic carbocycles. The molecule has 2 aromatic rings. The van der Waals surface area contributed by atoms with Crippen molar-refractivity contribution in [3.05, 3.63) is 47.3 Å². The molecule has 0 atom stereocenters. The highest BCUT2D eigenvalue weighted by Crippen LogP contribution is 2.33. The van der Waals surface area contributed by atoms with Gasteiger partial charge in [-0.05, 0) is 49.6 Å². The number of rotatable bonds is 6. The first-order chi connectivity index (χ1) is 13.8. The van der Waals surface area contributed by atoms with Gasteiger partial charge in [0.1, 0.15) is 10.7 Å². The molecule has 1 aliphatic heterocycles. The van der Waals surface area contributed by atoms with Gasteiger partial charge in [-0.25, -0.2) is 12.8 Å². The van der Waals surface area contributed by atoms with Gasteiger partial charge >= 0.3 is 0 Å². The number of anilines is 1. The molecule has 0 radical (unpaired) electrons. The van der Waals surface area contributed by atoms with Crippen LogP contribution < -0.4 is 14.8 Å². The van der Waals surface area contributed by atoms with Crippen molar-refractivity contribution in [2.24, 2.45) is 0 Å². The van der Waals surface area contributed by atoms with Gasteiger partial charge in [-0.2, -0.15) is 4.31 Å². The van der Waals surface area contributed by atoms with Crippen molar-refractivity contribution in [1.82, 2.24) is 4.31 Å². The molecule has 0 saturated carbocycles. The van der Waals surface area contributed by atoms with Gasteiger partial charge in [-0.15, -0.1) is 0 Å². The number of benzene rings is 2. The van der Waals surface area contributed by atoms with Crippen molar-refractivity contribution in [1.29, 1.82) is 0 Å². The number of nitrogens with one attached hydrogen (secondary N) is 1. The summed E-state index contributed by atoms with van der Waals surface area (Å²) in [6.07, 6.45) is 1.47. The molecule has 1 heterocycles. The van der Waals surface area contributed by atoms with Crippen LogP contribution in [0.3, 0.4) is 0 Å². The number of carbonyl (C=O) groups is 1. The Labute approximate surface area is 169 Å². The maximum Gasteiger partial charge on any atom is 0.255 e. The summed E-state index contributed by atoms with van der Waals surface area (Å²) < 4.78 is 51.4. The van der Waals surface area contributed by atoms with Gasteiger partial charge in [0.05, 0.1) is 14.2 Å². The Morgan fingerprint density at radius 2 is 1.69 bits per heavy atom. The van der Waals surface area contributed by atoms with E-state index in [1.807, 2.05) is 0 Å². The standard InChI is InChI=1S/C20H23FN2O5S/c1-13-10-17(27-2)18(28-3)12-16(13)22-20(24)14-6-7-15(21)19(11-14)29(25,26)23-8-4-5-9-23/h6-7,10-12H,4-5,8-9H2,1-3H3,(H,22,24). The molecular weight excluding hydrogens is 399 g/mol. The zero-order chi connectivity index (χ0) is 21.2. The van der Waals surface area contributed by atoms with Crippen LogP contribution in [0.2, 0.25) is 0 Å². The number of nitrogens with zero attached hydrogens (tertiary/aromatic N) is 1. The summed E-state index contributed by atoms with van der Waals surface area (Å²) in [5.41, 5.74) is 1.24. The Kier molecular flexibility index (Phi) is 6.09. The van der Waals surface area contributed by atoms with Crippen molar-refractivity contribution in [3.63, 3.8) is 0 Å². The molecule has 1 fully saturated rings. The first-order valence-electron chi connectivity index (χ1n) is 9.11. The Morgan fingerprint density at radius 3 is 2.31 bits per heavy atom. The number of ether oxygens (including phenoxy) is 2. The highest BCUT2D eigenvalue weighted by atomic mass is 32.2. The molecule has 156 valence electrons. The highest BCUT2D eigenvalue weighted by molar-refractivity contribution is 7.89. The van der Waals surface area contributed by atoms with E-state index >= 15 is 0 Å². The number of halogens is 1. The lowest BCUT2D eigenvalue weighted by Gasteiger charge is -2.17. The third-order valence-electron chi connectivity index (χ3n) is 4.85. The van der Waals surface area contributed by atoms with Gasteiger partial charge in [-0.3, -0.25) is 4.79 Å². The predicted octanol–water partition coefficient (Wildman–Crippen LogP) is 3.19. The second-order valence-corrected chi connectivity index (χ2v) is 8.64. The van der Waals surface area contributed by atoms with Crippen LogP contribution in [0.15, 0.2) is 35.2 Å². The molecule has 0 spiro atoms. The minimum atomic E-state index is -3.98. The highest BCUT2D eigenvalue weighted by Gasteiger charge is 2.30. The normalized spacial score (nSPS) is 14.6. The molecule has 3 rings (SSSR count). The molecule has 1 amide bonds. The van der Waals surface area contributed by atoms with E-state index < -0.39 is 26.6 Å². The Hall–Kier alpha value is -2.65. The molecule has 1 saturated heterocycles. The summed E-state index contributed by atoms with van der Waals surface area (Å²) in [7, 11) is -0.994. The third kappa shape index (κ3) is 4.20. The van der Waals surface area contributed by atoms with Gasteiger partial charge < -0.3 is 14.8 Å². The van der Waals surface area contributed by atoms with Crippen molar-refractivity contribution in [2.75, 3.05) is 32.6 Å². The Bertz CT molecular complexity index is 1030. The first kappa shape index (κ1) is 21.1. The van der Waals surface area contributed by atoms with Crippen molar-refractivity contribution in [3.8, 4) is 11.5 Å². The minimum absolute atomic E-state index is 0.0401. The van der Waals surface area contributed by atoms with Crippen molar-refractivity contribution >= 4 is 21.6 Å². The Morgan fingerprint density at radius 1 is 1.07 bits per heavy atom. The molecule has 7 nitrogen and oxygen atoms in total. The maximum absolute atomic E-state index is 14.3. The molecule has 29 heavy (non-hydrogen) atoms. The van der Waals surface area contributed by atoms with Crippen LogP contribution in [0.25, 0.3) is 0 Å². The molecule has 9 heteroatoms. The quantitative estimate of drug-likeness (QED) is 0.773. The second kappa shape index (κ2) is 8.38. The average molecular weight is 422 g/mol. The lowest BCUT2D eigenvalue weighted by Crippen LogP contribution is -2.29. The molecule has 0 bridgehead atoms. The van der Waals surface area contributed by atoms with Crippen LogP contribution in [0.5, 0.6) is 11.5 Å². The van der Waals surface area contributed by atoms with E-state index in [1.54, 1.807) is 19.1 Å². The third-order valence-corrected chi connectivity index (χ3v) is 6.77. The van der Waals surface area contributed by atoms with E-state index in [1.165, 1.54) is 24.6 Å². The zero-order valence-electron chi connectivity index (χ0n) is 16.5. The molecule has 0 unspecified atom stereocenters. The maximum atomic E-state index is 14.3. The van der Waals surface area contributed by atoms with Crippen molar-refractivity contribution in [2.45, 2.75) is 24.7 Å². The lowest BCUT2D eigenvalue weighted by atomic mass is 10.1. The SMILES string of the molecule is COc1cc(C)c(NC(=O)c2ccc(F)c(S(=O)(=O)N3CCCC3)c2)cc1OC. The van der Waals surface area contributed by atoms with Gasteiger partial charge in [0, 0.05) is 30.4 Å². The summed E-state index contributed by atoms with van der Waals surface area (Å²) >= 11 is 0. The van der Waals surface area contributed by atoms with Crippen LogP contribution in [0, 0.1) is 12.7 Å². The van der Waals surface area contributed by atoms with Crippen molar-refractivity contribution < 1.29 is 27.1 Å². The average Bonchev–Trinajstić information content (AvgIpc) is 3.25. The van der Waals surface area contributed by atoms with Gasteiger partial charge in [0.25, 0.3) is 5.91 Å². The van der Waals surface area contributed by atoms with Crippen LogP contribution in [-0.4, -0.2) is 45.9 Å². The summed E-state index contributed by atoms with van der Waals surface area (Å²) in [5.74, 6) is -0.484. The summed E-state index contributed by atoms with van der Waals surface area (Å²) in [4.78, 5) is 12.2. The second-order valence-electron chi connectivity index (χ2n) is 6.73. The number of sulfonamides is 1. The van der Waals surface area contributed by atoms with Crippen LogP contribution in [0.1, 0.15) is 28.8 Å². The summed E-state index contributed by atoms with van der Waals surface area (Å²) in [6, 6.07) is 6.65. The van der Waals surface area contributed by atoms with Crippen LogP contribution in [-0.2, 0) is 10.0 Å². The van der Waals surface area contributed by atoms with E-state index in [0.29, 0.717) is 30.3 Å². The fourth-order valence-electron chi connectivity index (χ4n) is 3.22. The largest absolute Gasteiger partial charge is 0.493 e. The monoisotopic (exact) mass is 422 g/mol. The number of hydrogen-bond acceptors (Lipinski definition) is 5. The molecule has 1 N–H and O–H groups in total. The smallest absolute Gasteiger partial charge is 0.255 e. The number of hydrogen-bond donors (Lipinski definition) is 1. The fraction of sp³-hybridized carbons (Fsp3) is 0.350. The van der Waals surface area contributed by atoms with E-state index in [9.17, 15) is 17.6 Å². The van der Waals surface area contributed by atoms with E-state index in [-0.39, 0.29) is 5.56 Å². The van der Waals surface area contributed by atoms with E-state index in [4.69, 9.17) is 9.47 Å². The first-order valence-corrected chi connectivity index (χ1v) is 10.6. The topological polar surface area (TPSA) is 84.9 Å². The summed E-state index contributed by atoms with van der Waals surface area (Å²) in [5, 5.41) is 2.71. The van der Waals surface area contributed by atoms with Crippen LogP contribution in [0.4, 0.5) is 10.1 Å².